The monoisotopic (exact) mass is 304 g/mol. The van der Waals surface area contributed by atoms with Crippen LogP contribution in [0.5, 0.6) is 0 Å². The van der Waals surface area contributed by atoms with E-state index >= 15 is 0 Å². The van der Waals surface area contributed by atoms with E-state index in [4.69, 9.17) is 23.2 Å². The molecule has 3 aromatic rings. The molecule has 3 rings (SSSR count). The average Bonchev–Trinajstić information content (AvgIpc) is 2.46. The fourth-order valence-electron chi connectivity index (χ4n) is 2.08. The molecular weight excluding hydrogens is 295 g/mol. The Morgan fingerprint density at radius 2 is 1.85 bits per heavy atom. The van der Waals surface area contributed by atoms with Gasteiger partial charge in [-0.1, -0.05) is 41.4 Å². The second kappa shape index (κ2) is 5.27. The zero-order valence-electron chi connectivity index (χ0n) is 10.4. The third kappa shape index (κ3) is 2.42. The van der Waals surface area contributed by atoms with Crippen LogP contribution in [-0.2, 0) is 6.54 Å². The summed E-state index contributed by atoms with van der Waals surface area (Å²) >= 11 is 11.9. The molecule has 0 radical (unpaired) electrons. The van der Waals surface area contributed by atoms with Crippen molar-refractivity contribution in [3.63, 3.8) is 0 Å². The second-order valence-electron chi connectivity index (χ2n) is 4.40. The van der Waals surface area contributed by atoms with Crippen molar-refractivity contribution in [3.8, 4) is 0 Å². The summed E-state index contributed by atoms with van der Waals surface area (Å²) in [5.74, 6) is 0. The summed E-state index contributed by atoms with van der Waals surface area (Å²) < 4.78 is 1.58. The molecule has 0 saturated heterocycles. The van der Waals surface area contributed by atoms with Crippen LogP contribution in [0.15, 0.2) is 53.5 Å². The van der Waals surface area contributed by atoms with Crippen LogP contribution in [0.25, 0.3) is 10.8 Å². The molecule has 0 fully saturated rings. The number of pyridine rings is 2. The van der Waals surface area contributed by atoms with E-state index in [0.717, 1.165) is 5.39 Å². The van der Waals surface area contributed by atoms with Gasteiger partial charge in [0.1, 0.15) is 5.15 Å². The van der Waals surface area contributed by atoms with Gasteiger partial charge in [-0.25, -0.2) is 4.98 Å². The first-order chi connectivity index (χ1) is 9.65. The number of halogens is 2. The van der Waals surface area contributed by atoms with Crippen LogP contribution in [0.4, 0.5) is 0 Å². The van der Waals surface area contributed by atoms with Crippen molar-refractivity contribution < 1.29 is 0 Å². The highest BCUT2D eigenvalue weighted by molar-refractivity contribution is 6.32. The first-order valence-corrected chi connectivity index (χ1v) is 6.80. The second-order valence-corrected chi connectivity index (χ2v) is 5.19. The summed E-state index contributed by atoms with van der Waals surface area (Å²) in [5, 5.41) is 2.44. The fourth-order valence-corrected chi connectivity index (χ4v) is 2.41. The molecule has 0 atom stereocenters. The molecule has 2 heterocycles. The molecule has 0 unspecified atom stereocenters. The molecule has 0 bridgehead atoms. The lowest BCUT2D eigenvalue weighted by atomic mass is 10.2. The predicted octanol–water partition coefficient (Wildman–Crippen LogP) is 3.75. The van der Waals surface area contributed by atoms with Crippen LogP contribution >= 0.6 is 23.2 Å². The quantitative estimate of drug-likeness (QED) is 0.676. The standard InChI is InChI=1S/C15H10Cl2N2O/c16-12-5-6-14(17)18-13(12)9-19-8-7-10-3-1-2-4-11(10)15(19)20/h1-8H,9H2. The molecule has 0 aliphatic heterocycles. The van der Waals surface area contributed by atoms with E-state index in [1.807, 2.05) is 24.3 Å². The molecule has 0 N–H and O–H groups in total. The van der Waals surface area contributed by atoms with Crippen LogP contribution in [0.2, 0.25) is 10.2 Å². The summed E-state index contributed by atoms with van der Waals surface area (Å²) in [6, 6.07) is 12.7. The molecule has 100 valence electrons. The van der Waals surface area contributed by atoms with E-state index in [0.29, 0.717) is 27.8 Å². The summed E-state index contributed by atoms with van der Waals surface area (Å²) in [4.78, 5) is 16.6. The van der Waals surface area contributed by atoms with Gasteiger partial charge in [0, 0.05) is 11.6 Å². The highest BCUT2D eigenvalue weighted by Crippen LogP contribution is 2.18. The van der Waals surface area contributed by atoms with Gasteiger partial charge in [0.25, 0.3) is 5.56 Å². The van der Waals surface area contributed by atoms with Gasteiger partial charge in [0.15, 0.2) is 0 Å². The molecular formula is C15H10Cl2N2O. The normalized spacial score (nSPS) is 10.9. The molecule has 5 heteroatoms. The number of rotatable bonds is 2. The third-order valence-corrected chi connectivity index (χ3v) is 3.65. The van der Waals surface area contributed by atoms with Crippen molar-refractivity contribution in [2.75, 3.05) is 0 Å². The van der Waals surface area contributed by atoms with Crippen LogP contribution < -0.4 is 5.56 Å². The minimum absolute atomic E-state index is 0.0686. The van der Waals surface area contributed by atoms with Crippen molar-refractivity contribution in [1.29, 1.82) is 0 Å². The van der Waals surface area contributed by atoms with Crippen LogP contribution in [0.1, 0.15) is 5.69 Å². The minimum Gasteiger partial charge on any atom is -0.309 e. The number of nitrogens with zero attached hydrogens (tertiary/aromatic N) is 2. The Kier molecular flexibility index (Phi) is 3.47. The van der Waals surface area contributed by atoms with Gasteiger partial charge in [-0.2, -0.15) is 0 Å². The lowest BCUT2D eigenvalue weighted by molar-refractivity contribution is 0.747. The Bertz CT molecular complexity index is 843. The van der Waals surface area contributed by atoms with Gasteiger partial charge < -0.3 is 4.57 Å². The number of fused-ring (bicyclic) bond motifs is 1. The predicted molar refractivity (Wildman–Crippen MR) is 81.6 cm³/mol. The number of aromatic nitrogens is 2. The van der Waals surface area contributed by atoms with E-state index < -0.39 is 0 Å². The number of hydrogen-bond acceptors (Lipinski definition) is 2. The molecule has 2 aromatic heterocycles. The molecule has 0 aliphatic rings. The Morgan fingerprint density at radius 3 is 2.70 bits per heavy atom. The minimum atomic E-state index is -0.0686. The lowest BCUT2D eigenvalue weighted by Gasteiger charge is -2.08. The lowest BCUT2D eigenvalue weighted by Crippen LogP contribution is -2.20. The van der Waals surface area contributed by atoms with Gasteiger partial charge in [-0.05, 0) is 29.7 Å². The van der Waals surface area contributed by atoms with Crippen molar-refractivity contribution in [2.45, 2.75) is 6.54 Å². The Labute approximate surface area is 125 Å². The molecule has 3 nitrogen and oxygen atoms in total. The maximum atomic E-state index is 12.4. The Hall–Kier alpha value is -1.84. The first kappa shape index (κ1) is 13.2. The van der Waals surface area contributed by atoms with Crippen molar-refractivity contribution in [3.05, 3.63) is 74.9 Å². The summed E-state index contributed by atoms with van der Waals surface area (Å²) in [6.07, 6.45) is 1.74. The zero-order chi connectivity index (χ0) is 14.1. The van der Waals surface area contributed by atoms with Gasteiger partial charge in [-0.15, -0.1) is 0 Å². The molecule has 0 amide bonds. The van der Waals surface area contributed by atoms with E-state index in [1.165, 1.54) is 0 Å². The fraction of sp³-hybridized carbons (Fsp3) is 0.0667. The summed E-state index contributed by atoms with van der Waals surface area (Å²) in [6.45, 7) is 0.295. The maximum absolute atomic E-state index is 12.4. The van der Waals surface area contributed by atoms with Gasteiger partial charge >= 0.3 is 0 Å². The smallest absolute Gasteiger partial charge is 0.258 e. The SMILES string of the molecule is O=c1c2ccccc2ccn1Cc1nc(Cl)ccc1Cl. The highest BCUT2D eigenvalue weighted by Gasteiger charge is 2.07. The number of benzene rings is 1. The first-order valence-electron chi connectivity index (χ1n) is 6.04. The Balaban J connectivity index is 2.09. The molecule has 0 saturated carbocycles. The molecule has 1 aromatic carbocycles. The largest absolute Gasteiger partial charge is 0.309 e. The number of hydrogen-bond donors (Lipinski definition) is 0. The average molecular weight is 305 g/mol. The highest BCUT2D eigenvalue weighted by atomic mass is 35.5. The topological polar surface area (TPSA) is 34.9 Å². The van der Waals surface area contributed by atoms with Gasteiger partial charge in [0.2, 0.25) is 0 Å². The van der Waals surface area contributed by atoms with E-state index in [2.05, 4.69) is 4.98 Å². The van der Waals surface area contributed by atoms with E-state index in [-0.39, 0.29) is 5.56 Å². The van der Waals surface area contributed by atoms with E-state index in [1.54, 1.807) is 29.0 Å². The summed E-state index contributed by atoms with van der Waals surface area (Å²) in [7, 11) is 0. The van der Waals surface area contributed by atoms with Crippen LogP contribution in [0, 0.1) is 0 Å². The van der Waals surface area contributed by atoms with Gasteiger partial charge in [0.05, 0.1) is 17.3 Å². The van der Waals surface area contributed by atoms with E-state index in [9.17, 15) is 4.79 Å². The zero-order valence-corrected chi connectivity index (χ0v) is 11.9. The van der Waals surface area contributed by atoms with Crippen LogP contribution in [0.3, 0.4) is 0 Å². The Morgan fingerprint density at radius 1 is 1.05 bits per heavy atom. The van der Waals surface area contributed by atoms with Crippen molar-refractivity contribution in [1.82, 2.24) is 9.55 Å². The van der Waals surface area contributed by atoms with Gasteiger partial charge in [-0.3, -0.25) is 4.79 Å². The van der Waals surface area contributed by atoms with Crippen molar-refractivity contribution >= 4 is 34.0 Å². The summed E-state index contributed by atoms with van der Waals surface area (Å²) in [5.41, 5.74) is 0.512. The third-order valence-electron chi connectivity index (χ3n) is 3.09. The van der Waals surface area contributed by atoms with Crippen molar-refractivity contribution in [2.24, 2.45) is 0 Å². The van der Waals surface area contributed by atoms with Crippen LogP contribution in [-0.4, -0.2) is 9.55 Å². The molecule has 20 heavy (non-hydrogen) atoms. The molecule has 0 aliphatic carbocycles. The molecule has 0 spiro atoms. The maximum Gasteiger partial charge on any atom is 0.258 e.